The first kappa shape index (κ1) is 17.2. The van der Waals surface area contributed by atoms with Gasteiger partial charge in [-0.1, -0.05) is 18.2 Å². The second-order valence-corrected chi connectivity index (χ2v) is 7.11. The minimum Gasteiger partial charge on any atom is -0.392 e. The van der Waals surface area contributed by atoms with Crippen molar-refractivity contribution in [3.63, 3.8) is 0 Å². The number of hydrogen-bond acceptors (Lipinski definition) is 4. The van der Waals surface area contributed by atoms with Crippen LogP contribution >= 0.6 is 0 Å². The Kier molecular flexibility index (Phi) is 5.91. The van der Waals surface area contributed by atoms with Gasteiger partial charge in [-0.25, -0.2) is 0 Å². The second-order valence-electron chi connectivity index (χ2n) is 7.11. The summed E-state index contributed by atoms with van der Waals surface area (Å²) in [6, 6.07) is 0. The van der Waals surface area contributed by atoms with Crippen molar-refractivity contribution in [1.29, 1.82) is 0 Å². The van der Waals surface area contributed by atoms with Crippen LogP contribution in [0, 0.1) is 11.8 Å². The molecular formula is C19H30O4. The van der Waals surface area contributed by atoms with Crippen molar-refractivity contribution in [3.05, 3.63) is 23.8 Å². The Hall–Kier alpha value is -0.680. The minimum atomic E-state index is -0.702. The fourth-order valence-electron chi connectivity index (χ4n) is 4.45. The van der Waals surface area contributed by atoms with Crippen LogP contribution in [-0.4, -0.2) is 41.4 Å². The van der Waals surface area contributed by atoms with Crippen LogP contribution in [0.1, 0.15) is 51.9 Å². The van der Waals surface area contributed by atoms with Crippen LogP contribution in [0.3, 0.4) is 0 Å². The lowest BCUT2D eigenvalue weighted by atomic mass is 9.70. The Labute approximate surface area is 139 Å². The van der Waals surface area contributed by atoms with Gasteiger partial charge in [-0.15, -0.1) is 0 Å². The predicted molar refractivity (Wildman–Crippen MR) is 88.8 cm³/mol. The zero-order valence-electron chi connectivity index (χ0n) is 14.1. The summed E-state index contributed by atoms with van der Waals surface area (Å²) in [5, 5.41) is 20.3. The number of aliphatic hydroxyl groups excluding tert-OH is 2. The van der Waals surface area contributed by atoms with E-state index in [9.17, 15) is 10.2 Å². The molecule has 0 aromatic rings. The average Bonchev–Trinajstić information content (AvgIpc) is 2.53. The molecular weight excluding hydrogens is 292 g/mol. The molecule has 0 spiro atoms. The van der Waals surface area contributed by atoms with E-state index in [0.29, 0.717) is 18.9 Å². The molecule has 23 heavy (non-hydrogen) atoms. The van der Waals surface area contributed by atoms with Crippen molar-refractivity contribution in [1.82, 2.24) is 0 Å². The minimum absolute atomic E-state index is 0.0642. The molecule has 4 heteroatoms. The Morgan fingerprint density at radius 2 is 2.13 bits per heavy atom. The van der Waals surface area contributed by atoms with Gasteiger partial charge >= 0.3 is 0 Å². The Balaban J connectivity index is 1.56. The summed E-state index contributed by atoms with van der Waals surface area (Å²) in [5.41, 5.74) is 1.32. The molecule has 1 aliphatic heterocycles. The molecule has 3 rings (SSSR count). The van der Waals surface area contributed by atoms with Crippen molar-refractivity contribution in [2.45, 2.75) is 76.5 Å². The fraction of sp³-hybridized carbons (Fsp3) is 0.789. The van der Waals surface area contributed by atoms with E-state index in [-0.39, 0.29) is 24.2 Å². The van der Waals surface area contributed by atoms with Crippen LogP contribution in [0.2, 0.25) is 0 Å². The fourth-order valence-corrected chi connectivity index (χ4v) is 4.45. The SMILES string of the molecule is CCOC1CC(O)OC(CCC2CC=CC3=CCCC(O)C32)C1. The molecule has 0 bridgehead atoms. The maximum absolute atomic E-state index is 10.4. The summed E-state index contributed by atoms with van der Waals surface area (Å²) < 4.78 is 11.4. The lowest BCUT2D eigenvalue weighted by Gasteiger charge is -2.38. The van der Waals surface area contributed by atoms with E-state index >= 15 is 0 Å². The molecule has 1 saturated heterocycles. The molecule has 0 aromatic heterocycles. The van der Waals surface area contributed by atoms with Crippen molar-refractivity contribution in [2.24, 2.45) is 11.8 Å². The van der Waals surface area contributed by atoms with E-state index < -0.39 is 6.29 Å². The van der Waals surface area contributed by atoms with E-state index in [0.717, 1.165) is 38.5 Å². The van der Waals surface area contributed by atoms with Crippen LogP contribution in [0.25, 0.3) is 0 Å². The van der Waals surface area contributed by atoms with Gasteiger partial charge in [0.05, 0.1) is 18.3 Å². The third-order valence-corrected chi connectivity index (χ3v) is 5.50. The van der Waals surface area contributed by atoms with Gasteiger partial charge < -0.3 is 19.7 Å². The molecule has 0 amide bonds. The summed E-state index contributed by atoms with van der Waals surface area (Å²) >= 11 is 0. The smallest absolute Gasteiger partial charge is 0.157 e. The number of aliphatic hydroxyl groups is 2. The molecule has 0 aromatic carbocycles. The van der Waals surface area contributed by atoms with Gasteiger partial charge in [0, 0.05) is 25.4 Å². The van der Waals surface area contributed by atoms with Gasteiger partial charge in [0.25, 0.3) is 0 Å². The maximum Gasteiger partial charge on any atom is 0.157 e. The Bertz CT molecular complexity index is 445. The van der Waals surface area contributed by atoms with Crippen LogP contribution in [0.4, 0.5) is 0 Å². The quantitative estimate of drug-likeness (QED) is 0.817. The van der Waals surface area contributed by atoms with Crippen LogP contribution in [0.5, 0.6) is 0 Å². The van der Waals surface area contributed by atoms with Gasteiger partial charge in [-0.3, -0.25) is 0 Å². The molecule has 130 valence electrons. The highest BCUT2D eigenvalue weighted by molar-refractivity contribution is 5.29. The third-order valence-electron chi connectivity index (χ3n) is 5.50. The predicted octanol–water partition coefficient (Wildman–Crippen LogP) is 2.94. The first-order valence-corrected chi connectivity index (χ1v) is 9.17. The number of hydrogen-bond donors (Lipinski definition) is 2. The molecule has 6 atom stereocenters. The van der Waals surface area contributed by atoms with E-state index in [1.807, 2.05) is 6.92 Å². The van der Waals surface area contributed by atoms with Gasteiger partial charge in [0.1, 0.15) is 0 Å². The standard InChI is InChI=1S/C19H30O4/c1-2-22-16-11-15(23-18(21)12-16)10-9-14-6-3-5-13-7-4-8-17(20)19(13)14/h3,5,7,14-21H,2,4,6,8-12H2,1H3. The van der Waals surface area contributed by atoms with Gasteiger partial charge in [-0.2, -0.15) is 0 Å². The Morgan fingerprint density at radius 3 is 2.96 bits per heavy atom. The highest BCUT2D eigenvalue weighted by Gasteiger charge is 2.35. The zero-order chi connectivity index (χ0) is 16.2. The monoisotopic (exact) mass is 322 g/mol. The highest BCUT2D eigenvalue weighted by atomic mass is 16.6. The molecule has 0 saturated carbocycles. The van der Waals surface area contributed by atoms with Gasteiger partial charge in [0.2, 0.25) is 0 Å². The molecule has 4 nitrogen and oxygen atoms in total. The zero-order valence-corrected chi connectivity index (χ0v) is 14.1. The van der Waals surface area contributed by atoms with Crippen LogP contribution < -0.4 is 0 Å². The number of fused-ring (bicyclic) bond motifs is 1. The molecule has 6 unspecified atom stereocenters. The number of ether oxygens (including phenoxy) is 2. The first-order chi connectivity index (χ1) is 11.2. The molecule has 2 N–H and O–H groups in total. The summed E-state index contributed by atoms with van der Waals surface area (Å²) in [7, 11) is 0. The summed E-state index contributed by atoms with van der Waals surface area (Å²) in [4.78, 5) is 0. The van der Waals surface area contributed by atoms with Crippen molar-refractivity contribution >= 4 is 0 Å². The van der Waals surface area contributed by atoms with Crippen LogP contribution in [0.15, 0.2) is 23.8 Å². The van der Waals surface area contributed by atoms with Gasteiger partial charge in [0.15, 0.2) is 6.29 Å². The van der Waals surface area contributed by atoms with E-state index in [4.69, 9.17) is 9.47 Å². The topological polar surface area (TPSA) is 58.9 Å². The van der Waals surface area contributed by atoms with Crippen molar-refractivity contribution in [2.75, 3.05) is 6.61 Å². The lowest BCUT2D eigenvalue weighted by Crippen LogP contribution is -2.38. The first-order valence-electron chi connectivity index (χ1n) is 9.17. The van der Waals surface area contributed by atoms with Gasteiger partial charge in [-0.05, 0) is 50.5 Å². The van der Waals surface area contributed by atoms with E-state index in [1.54, 1.807) is 0 Å². The van der Waals surface area contributed by atoms with Crippen molar-refractivity contribution in [3.8, 4) is 0 Å². The summed E-state index contributed by atoms with van der Waals surface area (Å²) in [6.07, 6.45) is 12.3. The molecule has 0 radical (unpaired) electrons. The van der Waals surface area contributed by atoms with E-state index in [2.05, 4.69) is 18.2 Å². The molecule has 1 heterocycles. The highest BCUT2D eigenvalue weighted by Crippen LogP contribution is 2.40. The Morgan fingerprint density at radius 1 is 1.26 bits per heavy atom. The van der Waals surface area contributed by atoms with Crippen molar-refractivity contribution < 1.29 is 19.7 Å². The van der Waals surface area contributed by atoms with Crippen LogP contribution in [-0.2, 0) is 9.47 Å². The summed E-state index contributed by atoms with van der Waals surface area (Å²) in [6.45, 7) is 2.67. The molecule has 3 aliphatic rings. The molecule has 1 fully saturated rings. The lowest BCUT2D eigenvalue weighted by molar-refractivity contribution is -0.199. The largest absolute Gasteiger partial charge is 0.392 e. The van der Waals surface area contributed by atoms with E-state index in [1.165, 1.54) is 5.57 Å². The number of rotatable bonds is 5. The normalized spacial score (nSPS) is 40.6. The second kappa shape index (κ2) is 7.93. The third kappa shape index (κ3) is 4.24. The molecule has 2 aliphatic carbocycles. The average molecular weight is 322 g/mol. The maximum atomic E-state index is 10.4. The summed E-state index contributed by atoms with van der Waals surface area (Å²) in [5.74, 6) is 0.764. The number of allylic oxidation sites excluding steroid dienone is 3.